The highest BCUT2D eigenvalue weighted by Gasteiger charge is 2.33. The Bertz CT molecular complexity index is 2360. The zero-order valence-corrected chi connectivity index (χ0v) is 27.0. The molecule has 1 aliphatic rings. The maximum atomic E-state index is 6.33. The Kier molecular flexibility index (Phi) is 7.09. The van der Waals surface area contributed by atoms with Crippen LogP contribution >= 0.6 is 0 Å². The van der Waals surface area contributed by atoms with Crippen molar-refractivity contribution < 1.29 is 4.52 Å². The fraction of sp³-hybridized carbons (Fsp3) is 0.0476. The Morgan fingerprint density at radius 3 is 2.06 bits per heavy atom. The Labute approximate surface area is 285 Å². The van der Waals surface area contributed by atoms with E-state index in [1.54, 1.807) is 0 Å². The van der Waals surface area contributed by atoms with Crippen LogP contribution in [0.2, 0.25) is 0 Å². The van der Waals surface area contributed by atoms with Gasteiger partial charge in [0.05, 0.1) is 12.2 Å². The molecule has 49 heavy (non-hydrogen) atoms. The van der Waals surface area contributed by atoms with E-state index in [-0.39, 0.29) is 6.71 Å². The zero-order chi connectivity index (χ0) is 32.7. The van der Waals surface area contributed by atoms with E-state index in [9.17, 15) is 0 Å². The normalized spacial score (nSPS) is 12.8. The van der Waals surface area contributed by atoms with Crippen LogP contribution < -0.4 is 21.3 Å². The van der Waals surface area contributed by atoms with Crippen LogP contribution in [0.3, 0.4) is 0 Å². The van der Waals surface area contributed by atoms with Crippen molar-refractivity contribution in [3.63, 3.8) is 0 Å². The lowest BCUT2D eigenvalue weighted by Crippen LogP contribution is -2.53. The van der Waals surface area contributed by atoms with Crippen LogP contribution in [0.25, 0.3) is 50.2 Å². The number of anilines is 1. The molecule has 3 aromatic heterocycles. The topological polar surface area (TPSA) is 50.3 Å². The number of rotatable bonds is 7. The first-order valence-electron chi connectivity index (χ1n) is 16.5. The number of pyridine rings is 1. The van der Waals surface area contributed by atoms with Crippen LogP contribution in [-0.2, 0) is 0 Å². The van der Waals surface area contributed by atoms with Crippen LogP contribution in [0.15, 0.2) is 169 Å². The highest BCUT2D eigenvalue weighted by atomic mass is 16.5. The van der Waals surface area contributed by atoms with Crippen molar-refractivity contribution in [1.82, 2.24) is 19.6 Å². The lowest BCUT2D eigenvalue weighted by molar-refractivity contribution is 0.435. The third-order valence-electron chi connectivity index (χ3n) is 9.41. The molecule has 7 heteroatoms. The summed E-state index contributed by atoms with van der Waals surface area (Å²) in [5.41, 5.74) is 10.4. The molecular weight excluding hydrogens is 601 g/mol. The molecule has 0 spiro atoms. The van der Waals surface area contributed by atoms with Crippen molar-refractivity contribution in [2.75, 3.05) is 18.6 Å². The summed E-state index contributed by atoms with van der Waals surface area (Å²) in [6, 6.07) is 51.1. The van der Waals surface area contributed by atoms with Gasteiger partial charge in [-0.3, -0.25) is 4.57 Å². The fourth-order valence-corrected chi connectivity index (χ4v) is 7.17. The first-order chi connectivity index (χ1) is 24.2. The lowest BCUT2D eigenvalue weighted by Gasteiger charge is -2.22. The second-order valence-corrected chi connectivity index (χ2v) is 12.5. The third-order valence-corrected chi connectivity index (χ3v) is 9.41. The van der Waals surface area contributed by atoms with Gasteiger partial charge in [-0.05, 0) is 42.5 Å². The molecule has 0 aliphatic carbocycles. The Hall–Kier alpha value is -6.34. The van der Waals surface area contributed by atoms with Gasteiger partial charge in [-0.25, -0.2) is 4.98 Å². The molecule has 0 amide bonds. The molecule has 0 radical (unpaired) electrons. The van der Waals surface area contributed by atoms with Crippen LogP contribution in [0.1, 0.15) is 0 Å². The molecule has 8 aromatic rings. The maximum absolute atomic E-state index is 6.33. The highest BCUT2D eigenvalue weighted by Crippen LogP contribution is 2.31. The predicted molar refractivity (Wildman–Crippen MR) is 201 cm³/mol. The summed E-state index contributed by atoms with van der Waals surface area (Å²) in [6.07, 6.45) is 6.11. The van der Waals surface area contributed by atoms with Crippen molar-refractivity contribution in [3.8, 4) is 28.3 Å². The summed E-state index contributed by atoms with van der Waals surface area (Å²) >= 11 is 0. The standard InChI is InChI=1S/C42H32BN5O/c1-46-25-26-47(29-46)34-19-10-17-32(27-34)43(39-40(30-13-4-2-5-14-30)45-49-41(39)31-15-6-3-7-16-31)33-18-11-20-35(28-33)48-38-23-9-8-21-36(38)37-22-12-24-44-42(37)48/h2-28H,29H2,1H3. The van der Waals surface area contributed by atoms with E-state index < -0.39 is 0 Å². The number of fused-ring (bicyclic) bond motifs is 3. The first-order valence-corrected chi connectivity index (χ1v) is 16.5. The molecule has 9 rings (SSSR count). The number of aromatic nitrogens is 3. The van der Waals surface area contributed by atoms with Crippen LogP contribution in [0.4, 0.5) is 5.69 Å². The van der Waals surface area contributed by atoms with Gasteiger partial charge >= 0.3 is 0 Å². The second kappa shape index (κ2) is 12.0. The van der Waals surface area contributed by atoms with Crippen LogP contribution in [-0.4, -0.2) is 40.0 Å². The van der Waals surface area contributed by atoms with Crippen LogP contribution in [0.5, 0.6) is 0 Å². The smallest absolute Gasteiger partial charge is 0.249 e. The van der Waals surface area contributed by atoms with Crippen molar-refractivity contribution in [3.05, 3.63) is 164 Å². The van der Waals surface area contributed by atoms with Crippen LogP contribution in [0, 0.1) is 0 Å². The second-order valence-electron chi connectivity index (χ2n) is 12.5. The molecule has 0 bridgehead atoms. The van der Waals surface area contributed by atoms with Gasteiger partial charge < -0.3 is 14.3 Å². The molecule has 4 heterocycles. The van der Waals surface area contributed by atoms with Crippen molar-refractivity contribution in [2.24, 2.45) is 0 Å². The Morgan fingerprint density at radius 2 is 1.31 bits per heavy atom. The summed E-state index contributed by atoms with van der Waals surface area (Å²) < 4.78 is 8.60. The molecule has 0 unspecified atom stereocenters. The molecule has 5 aromatic carbocycles. The van der Waals surface area contributed by atoms with E-state index in [0.29, 0.717) is 0 Å². The minimum Gasteiger partial charge on any atom is -0.361 e. The van der Waals surface area contributed by atoms with E-state index >= 15 is 0 Å². The van der Waals surface area contributed by atoms with E-state index in [1.165, 1.54) is 5.39 Å². The van der Waals surface area contributed by atoms with Gasteiger partial charge in [0, 0.05) is 64.4 Å². The van der Waals surface area contributed by atoms with Crippen molar-refractivity contribution >= 4 is 50.7 Å². The zero-order valence-electron chi connectivity index (χ0n) is 27.0. The molecule has 0 saturated heterocycles. The van der Waals surface area contributed by atoms with Crippen molar-refractivity contribution in [2.45, 2.75) is 0 Å². The number of nitrogens with zero attached hydrogens (tertiary/aromatic N) is 5. The van der Waals surface area contributed by atoms with Gasteiger partial charge in [0.25, 0.3) is 0 Å². The summed E-state index contributed by atoms with van der Waals surface area (Å²) in [7, 11) is 2.09. The number of para-hydroxylation sites is 1. The Morgan fingerprint density at radius 1 is 0.633 bits per heavy atom. The molecule has 0 saturated carbocycles. The average molecular weight is 634 g/mol. The van der Waals surface area contributed by atoms with Gasteiger partial charge in [-0.2, -0.15) is 0 Å². The maximum Gasteiger partial charge on any atom is 0.249 e. The minimum absolute atomic E-state index is 0.207. The van der Waals surface area contributed by atoms with E-state index in [2.05, 4.69) is 149 Å². The van der Waals surface area contributed by atoms with Gasteiger partial charge in [0.1, 0.15) is 11.3 Å². The molecule has 6 nitrogen and oxygen atoms in total. The predicted octanol–water partition coefficient (Wildman–Crippen LogP) is 7.20. The third kappa shape index (κ3) is 5.07. The van der Waals surface area contributed by atoms with Gasteiger partial charge in [0.2, 0.25) is 6.71 Å². The molecule has 0 fully saturated rings. The summed E-state index contributed by atoms with van der Waals surface area (Å²) in [6.45, 7) is 0.587. The molecule has 0 atom stereocenters. The minimum atomic E-state index is -0.207. The summed E-state index contributed by atoms with van der Waals surface area (Å²) in [4.78, 5) is 9.31. The Balaban J connectivity index is 1.31. The molecule has 1 aliphatic heterocycles. The monoisotopic (exact) mass is 633 g/mol. The fourth-order valence-electron chi connectivity index (χ4n) is 7.17. The summed E-state index contributed by atoms with van der Waals surface area (Å²) in [5, 5.41) is 7.09. The SMILES string of the molecule is CN1C=CN(c2cccc(B(c3cccc(-n4c5ccccc5c5cccnc54)c3)c3c(-c4ccccc4)noc3-c3ccccc3)c2)C1. The number of benzene rings is 5. The largest absolute Gasteiger partial charge is 0.361 e. The molecule has 0 N–H and O–H groups in total. The van der Waals surface area contributed by atoms with E-state index in [0.717, 1.165) is 73.6 Å². The van der Waals surface area contributed by atoms with E-state index in [4.69, 9.17) is 14.7 Å². The van der Waals surface area contributed by atoms with Gasteiger partial charge in [-0.15, -0.1) is 0 Å². The molecular formula is C42H32BN5O. The highest BCUT2D eigenvalue weighted by molar-refractivity contribution is 6.97. The average Bonchev–Trinajstić information content (AvgIpc) is 3.89. The van der Waals surface area contributed by atoms with E-state index in [1.807, 2.05) is 36.5 Å². The lowest BCUT2D eigenvalue weighted by atomic mass is 9.36. The van der Waals surface area contributed by atoms with Gasteiger partial charge in [-0.1, -0.05) is 119 Å². The van der Waals surface area contributed by atoms with Crippen molar-refractivity contribution in [1.29, 1.82) is 0 Å². The quantitative estimate of drug-likeness (QED) is 0.174. The number of hydrogen-bond acceptors (Lipinski definition) is 5. The number of hydrogen-bond donors (Lipinski definition) is 0. The van der Waals surface area contributed by atoms with Gasteiger partial charge in [0.15, 0.2) is 5.76 Å². The summed E-state index contributed by atoms with van der Waals surface area (Å²) in [5.74, 6) is 0.764. The first kappa shape index (κ1) is 28.9. The molecule has 234 valence electrons.